The van der Waals surface area contributed by atoms with E-state index in [4.69, 9.17) is 9.47 Å². The van der Waals surface area contributed by atoms with Crippen LogP contribution in [-0.4, -0.2) is 58.0 Å². The molecule has 3 N–H and O–H groups in total. The van der Waals surface area contributed by atoms with Crippen LogP contribution in [-0.2, 0) is 14.3 Å². The van der Waals surface area contributed by atoms with Gasteiger partial charge in [0.15, 0.2) is 6.29 Å². The van der Waals surface area contributed by atoms with Crippen molar-refractivity contribution in [1.29, 1.82) is 0 Å². The summed E-state index contributed by atoms with van der Waals surface area (Å²) >= 11 is 0. The molecule has 1 aliphatic rings. The molecule has 1 fully saturated rings. The number of ether oxygens (including phenoxy) is 2. The third-order valence-corrected chi connectivity index (χ3v) is 3.28. The van der Waals surface area contributed by atoms with Crippen LogP contribution in [0.4, 0.5) is 0 Å². The predicted molar refractivity (Wildman–Crippen MR) is 71.0 cm³/mol. The van der Waals surface area contributed by atoms with Crippen molar-refractivity contribution in [2.24, 2.45) is 0 Å². The minimum absolute atomic E-state index is 0.493. The first kappa shape index (κ1) is 16.6. The van der Waals surface area contributed by atoms with Crippen molar-refractivity contribution in [2.75, 3.05) is 13.2 Å². The summed E-state index contributed by atoms with van der Waals surface area (Å²) in [6, 6.07) is 8.73. The molecule has 1 saturated heterocycles. The third kappa shape index (κ3) is 3.90. The summed E-state index contributed by atoms with van der Waals surface area (Å²) in [7, 11) is 0. The van der Waals surface area contributed by atoms with Crippen molar-refractivity contribution < 1.29 is 34.7 Å². The van der Waals surface area contributed by atoms with E-state index in [1.54, 1.807) is 30.3 Å². The van der Waals surface area contributed by atoms with Crippen LogP contribution in [0.25, 0.3) is 0 Å². The molecule has 0 aliphatic carbocycles. The summed E-state index contributed by atoms with van der Waals surface area (Å²) in [5.74, 6) is 0. The van der Waals surface area contributed by atoms with Crippen LogP contribution in [0.3, 0.4) is 0 Å². The maximum absolute atomic E-state index is 10.2. The van der Waals surface area contributed by atoms with Gasteiger partial charge in [0, 0.05) is 5.56 Å². The fraction of sp³-hybridized carbons (Fsp3) is 0.538. The summed E-state index contributed by atoms with van der Waals surface area (Å²) in [5.41, 5.74) is 0.625. The highest BCUT2D eigenvalue weighted by atomic mass is 17.0. The standard InChI is InChI=1S/C13H17NO8/c15-6-10-11(17)12(9(16)7-20-14(18)19)22-13(21-10)8-4-2-1-3-5-8/h1-5,9-13,15-17H,6-7H2/t9-,10+,11-,12-,13?/m1/s1. The molecule has 9 heteroatoms. The first-order chi connectivity index (χ1) is 10.5. The Morgan fingerprint density at radius 3 is 2.59 bits per heavy atom. The number of nitrogens with zero attached hydrogens (tertiary/aromatic N) is 1. The molecule has 1 aromatic rings. The van der Waals surface area contributed by atoms with E-state index in [0.29, 0.717) is 5.56 Å². The number of hydrogen-bond donors (Lipinski definition) is 3. The molecule has 1 aromatic carbocycles. The molecule has 0 spiro atoms. The van der Waals surface area contributed by atoms with E-state index in [2.05, 4.69) is 4.84 Å². The molecular formula is C13H17NO8. The summed E-state index contributed by atoms with van der Waals surface area (Å²) in [6.07, 6.45) is -5.91. The van der Waals surface area contributed by atoms with Crippen LogP contribution in [0.15, 0.2) is 30.3 Å². The van der Waals surface area contributed by atoms with Gasteiger partial charge in [-0.1, -0.05) is 30.3 Å². The van der Waals surface area contributed by atoms with Gasteiger partial charge in [0.1, 0.15) is 31.0 Å². The minimum Gasteiger partial charge on any atom is -0.394 e. The average Bonchev–Trinajstić information content (AvgIpc) is 2.53. The van der Waals surface area contributed by atoms with E-state index in [1.807, 2.05) is 0 Å². The lowest BCUT2D eigenvalue weighted by atomic mass is 10.0. The Morgan fingerprint density at radius 1 is 1.32 bits per heavy atom. The highest BCUT2D eigenvalue weighted by Crippen LogP contribution is 2.31. The summed E-state index contributed by atoms with van der Waals surface area (Å²) in [4.78, 5) is 14.3. The van der Waals surface area contributed by atoms with E-state index >= 15 is 0 Å². The SMILES string of the molecule is O=[N+]([O-])OC[C@@H](O)[C@H]1OC(c2ccccc2)O[C@@H](CO)[C@H]1O. The molecule has 5 atom stereocenters. The smallest absolute Gasteiger partial charge is 0.294 e. The minimum atomic E-state index is -1.45. The second kappa shape index (κ2) is 7.47. The van der Waals surface area contributed by atoms with E-state index in [-0.39, 0.29) is 0 Å². The number of hydrogen-bond acceptors (Lipinski definition) is 8. The van der Waals surface area contributed by atoms with Gasteiger partial charge in [-0.3, -0.25) is 0 Å². The van der Waals surface area contributed by atoms with Gasteiger partial charge in [0.25, 0.3) is 5.09 Å². The lowest BCUT2D eigenvalue weighted by Gasteiger charge is -2.40. The molecule has 0 aromatic heterocycles. The van der Waals surface area contributed by atoms with Crippen LogP contribution >= 0.6 is 0 Å². The van der Waals surface area contributed by atoms with Crippen LogP contribution < -0.4 is 0 Å². The quantitative estimate of drug-likeness (QED) is 0.468. The van der Waals surface area contributed by atoms with Crippen LogP contribution in [0.5, 0.6) is 0 Å². The molecular weight excluding hydrogens is 298 g/mol. The van der Waals surface area contributed by atoms with Crippen molar-refractivity contribution in [3.63, 3.8) is 0 Å². The molecule has 0 amide bonds. The van der Waals surface area contributed by atoms with E-state index in [0.717, 1.165) is 0 Å². The fourth-order valence-electron chi connectivity index (χ4n) is 2.17. The monoisotopic (exact) mass is 315 g/mol. The summed E-state index contributed by atoms with van der Waals surface area (Å²) in [6.45, 7) is -1.15. The van der Waals surface area contributed by atoms with E-state index in [9.17, 15) is 25.4 Å². The van der Waals surface area contributed by atoms with Gasteiger partial charge in [-0.25, -0.2) is 0 Å². The van der Waals surface area contributed by atoms with Crippen LogP contribution in [0, 0.1) is 10.1 Å². The molecule has 0 bridgehead atoms. The van der Waals surface area contributed by atoms with Gasteiger partial charge in [0.2, 0.25) is 0 Å². The Hall–Kier alpha value is -1.78. The zero-order valence-electron chi connectivity index (χ0n) is 11.5. The fourth-order valence-corrected chi connectivity index (χ4v) is 2.17. The van der Waals surface area contributed by atoms with Gasteiger partial charge in [-0.15, -0.1) is 10.1 Å². The molecule has 9 nitrogen and oxygen atoms in total. The van der Waals surface area contributed by atoms with E-state index in [1.165, 1.54) is 0 Å². The van der Waals surface area contributed by atoms with Crippen molar-refractivity contribution in [2.45, 2.75) is 30.7 Å². The number of aliphatic hydroxyl groups excluding tert-OH is 3. The Kier molecular flexibility index (Phi) is 5.63. The highest BCUT2D eigenvalue weighted by molar-refractivity contribution is 5.16. The Balaban J connectivity index is 2.11. The van der Waals surface area contributed by atoms with Gasteiger partial charge >= 0.3 is 0 Å². The third-order valence-electron chi connectivity index (χ3n) is 3.28. The maximum Gasteiger partial charge on any atom is 0.294 e. The Labute approximate surface area is 125 Å². The summed E-state index contributed by atoms with van der Waals surface area (Å²) < 4.78 is 10.9. The normalized spacial score (nSPS) is 29.8. The molecule has 122 valence electrons. The molecule has 1 heterocycles. The van der Waals surface area contributed by atoms with Crippen molar-refractivity contribution in [3.05, 3.63) is 46.0 Å². The average molecular weight is 315 g/mol. The Bertz CT molecular complexity index is 484. The molecule has 1 unspecified atom stereocenters. The predicted octanol–water partition coefficient (Wildman–Crippen LogP) is -0.608. The molecule has 22 heavy (non-hydrogen) atoms. The topological polar surface area (TPSA) is 132 Å². The van der Waals surface area contributed by atoms with Crippen LogP contribution in [0.1, 0.15) is 11.9 Å². The zero-order valence-corrected chi connectivity index (χ0v) is 11.5. The maximum atomic E-state index is 10.2. The summed E-state index contributed by atoms with van der Waals surface area (Å²) in [5, 5.41) is 38.4. The van der Waals surface area contributed by atoms with Gasteiger partial charge in [-0.2, -0.15) is 0 Å². The Morgan fingerprint density at radius 2 is 2.00 bits per heavy atom. The van der Waals surface area contributed by atoms with Crippen molar-refractivity contribution in [1.82, 2.24) is 0 Å². The van der Waals surface area contributed by atoms with Gasteiger partial charge in [-0.05, 0) is 0 Å². The van der Waals surface area contributed by atoms with Crippen molar-refractivity contribution in [3.8, 4) is 0 Å². The zero-order chi connectivity index (χ0) is 16.1. The second-order valence-corrected chi connectivity index (χ2v) is 4.78. The lowest BCUT2D eigenvalue weighted by molar-refractivity contribution is -0.759. The van der Waals surface area contributed by atoms with Crippen LogP contribution in [0.2, 0.25) is 0 Å². The highest BCUT2D eigenvalue weighted by Gasteiger charge is 2.42. The van der Waals surface area contributed by atoms with Gasteiger partial charge < -0.3 is 29.6 Å². The van der Waals surface area contributed by atoms with E-state index < -0.39 is 49.0 Å². The molecule has 0 saturated carbocycles. The first-order valence-electron chi connectivity index (χ1n) is 6.63. The van der Waals surface area contributed by atoms with Gasteiger partial charge in [0.05, 0.1) is 6.61 Å². The lowest BCUT2D eigenvalue weighted by Crippen LogP contribution is -2.54. The number of rotatable bonds is 6. The second-order valence-electron chi connectivity index (χ2n) is 4.78. The van der Waals surface area contributed by atoms with Crippen molar-refractivity contribution >= 4 is 0 Å². The molecule has 1 aliphatic heterocycles. The number of benzene rings is 1. The molecule has 0 radical (unpaired) electrons. The largest absolute Gasteiger partial charge is 0.394 e. The molecule has 2 rings (SSSR count). The number of aliphatic hydroxyl groups is 3. The first-order valence-corrected chi connectivity index (χ1v) is 6.63.